The number of oxazole rings is 1. The number of benzene rings is 2. The second-order valence-electron chi connectivity index (χ2n) is 7.75. The average molecular weight is 392 g/mol. The zero-order chi connectivity index (χ0) is 19.8. The summed E-state index contributed by atoms with van der Waals surface area (Å²) in [6.45, 7) is 3.38. The number of carbonyl (C=O) groups excluding carboxylic acids is 1. The smallest absolute Gasteiger partial charge is 0.408 e. The lowest BCUT2D eigenvalue weighted by molar-refractivity contribution is -0.129. The van der Waals surface area contributed by atoms with Crippen molar-refractivity contribution in [1.29, 1.82) is 0 Å². The molecule has 0 spiro atoms. The van der Waals surface area contributed by atoms with E-state index in [-0.39, 0.29) is 12.5 Å². The first-order valence-electron chi connectivity index (χ1n) is 10.2. The number of aromatic nitrogens is 1. The molecule has 1 aromatic heterocycles. The van der Waals surface area contributed by atoms with Crippen molar-refractivity contribution >= 4 is 28.4 Å². The van der Waals surface area contributed by atoms with Crippen molar-refractivity contribution in [2.24, 2.45) is 0 Å². The average Bonchev–Trinajstić information content (AvgIpc) is 3.36. The number of hydrogen-bond donors (Lipinski definition) is 2. The van der Waals surface area contributed by atoms with E-state index in [1.165, 1.54) is 36.1 Å². The monoisotopic (exact) mass is 392 g/mol. The van der Waals surface area contributed by atoms with E-state index < -0.39 is 5.76 Å². The van der Waals surface area contributed by atoms with Crippen LogP contribution in [0.2, 0.25) is 0 Å². The minimum Gasteiger partial charge on any atom is -0.408 e. The van der Waals surface area contributed by atoms with Gasteiger partial charge in [0.05, 0.1) is 12.1 Å². The molecule has 0 saturated carbocycles. The van der Waals surface area contributed by atoms with E-state index in [1.807, 2.05) is 11.0 Å². The Morgan fingerprint density at radius 1 is 1.03 bits per heavy atom. The van der Waals surface area contributed by atoms with Gasteiger partial charge in [0.15, 0.2) is 5.58 Å². The van der Waals surface area contributed by atoms with Crippen molar-refractivity contribution in [2.75, 3.05) is 42.9 Å². The highest BCUT2D eigenvalue weighted by Gasteiger charge is 2.22. The second-order valence-corrected chi connectivity index (χ2v) is 7.75. The van der Waals surface area contributed by atoms with Gasteiger partial charge < -0.3 is 19.5 Å². The van der Waals surface area contributed by atoms with E-state index in [4.69, 9.17) is 4.42 Å². The highest BCUT2D eigenvalue weighted by molar-refractivity contribution is 5.83. The molecule has 1 saturated heterocycles. The van der Waals surface area contributed by atoms with Gasteiger partial charge in [-0.15, -0.1) is 0 Å². The fourth-order valence-electron chi connectivity index (χ4n) is 4.31. The molecule has 29 heavy (non-hydrogen) atoms. The highest BCUT2D eigenvalue weighted by atomic mass is 16.4. The van der Waals surface area contributed by atoms with Gasteiger partial charge in [0.25, 0.3) is 0 Å². The van der Waals surface area contributed by atoms with Crippen molar-refractivity contribution in [2.45, 2.75) is 19.3 Å². The molecule has 2 N–H and O–H groups in total. The largest absolute Gasteiger partial charge is 0.417 e. The summed E-state index contributed by atoms with van der Waals surface area (Å²) in [5.41, 5.74) is 6.14. The Hall–Kier alpha value is -3.22. The number of fused-ring (bicyclic) bond motifs is 2. The highest BCUT2D eigenvalue weighted by Crippen LogP contribution is 2.27. The molecule has 0 unspecified atom stereocenters. The molecule has 3 aromatic rings. The Morgan fingerprint density at radius 3 is 2.72 bits per heavy atom. The molecule has 2 heterocycles. The van der Waals surface area contributed by atoms with E-state index >= 15 is 0 Å². The van der Waals surface area contributed by atoms with Crippen LogP contribution in [-0.4, -0.2) is 48.5 Å². The third-order valence-electron chi connectivity index (χ3n) is 5.94. The van der Waals surface area contributed by atoms with Crippen molar-refractivity contribution < 1.29 is 9.21 Å². The molecule has 1 aliphatic carbocycles. The van der Waals surface area contributed by atoms with Crippen LogP contribution in [-0.2, 0) is 17.6 Å². The standard InChI is InChI=1S/C22H24N4O3/c27-21(14-23-17-5-7-19-20(13-17)29-22(28)24-19)26-10-8-25(9-11-26)18-6-4-15-2-1-3-16(15)12-18/h4-7,12-13,23H,1-3,8-11,14H2,(H,24,28). The molecule has 7 nitrogen and oxygen atoms in total. The van der Waals surface area contributed by atoms with Crippen LogP contribution >= 0.6 is 0 Å². The van der Waals surface area contributed by atoms with E-state index in [1.54, 1.807) is 12.1 Å². The summed E-state index contributed by atoms with van der Waals surface area (Å²) >= 11 is 0. The predicted octanol–water partition coefficient (Wildman–Crippen LogP) is 2.37. The van der Waals surface area contributed by atoms with Gasteiger partial charge in [-0.3, -0.25) is 9.78 Å². The number of anilines is 2. The van der Waals surface area contributed by atoms with Crippen LogP contribution in [0.1, 0.15) is 17.5 Å². The molecule has 1 amide bonds. The van der Waals surface area contributed by atoms with E-state index in [0.29, 0.717) is 11.1 Å². The molecule has 0 bridgehead atoms. The predicted molar refractivity (Wildman–Crippen MR) is 113 cm³/mol. The summed E-state index contributed by atoms with van der Waals surface area (Å²) in [6, 6.07) is 12.1. The SMILES string of the molecule is O=C(CNc1ccc2[nH]c(=O)oc2c1)N1CCN(c2ccc3c(c2)CCC3)CC1. The van der Waals surface area contributed by atoms with Crippen LogP contribution in [0.4, 0.5) is 11.4 Å². The Morgan fingerprint density at radius 2 is 1.86 bits per heavy atom. The first-order chi connectivity index (χ1) is 14.2. The number of amides is 1. The second kappa shape index (κ2) is 7.31. The molecule has 0 atom stereocenters. The Kier molecular flexibility index (Phi) is 4.50. The van der Waals surface area contributed by atoms with Crippen molar-refractivity contribution in [3.05, 3.63) is 58.1 Å². The minimum absolute atomic E-state index is 0.0780. The topological polar surface area (TPSA) is 81.6 Å². The summed E-state index contributed by atoms with van der Waals surface area (Å²) in [7, 11) is 0. The molecule has 150 valence electrons. The summed E-state index contributed by atoms with van der Waals surface area (Å²) in [4.78, 5) is 30.7. The van der Waals surface area contributed by atoms with E-state index in [9.17, 15) is 9.59 Å². The van der Waals surface area contributed by atoms with Gasteiger partial charge in [0.1, 0.15) is 0 Å². The van der Waals surface area contributed by atoms with E-state index in [2.05, 4.69) is 33.4 Å². The molecule has 0 radical (unpaired) electrons. The third-order valence-corrected chi connectivity index (χ3v) is 5.94. The van der Waals surface area contributed by atoms with Crippen molar-refractivity contribution in [3.63, 3.8) is 0 Å². The van der Waals surface area contributed by atoms with Gasteiger partial charge in [0, 0.05) is 43.6 Å². The van der Waals surface area contributed by atoms with Crippen molar-refractivity contribution in [3.8, 4) is 0 Å². The van der Waals surface area contributed by atoms with Crippen molar-refractivity contribution in [1.82, 2.24) is 9.88 Å². The first kappa shape index (κ1) is 17.8. The summed E-state index contributed by atoms with van der Waals surface area (Å²) < 4.78 is 5.06. The Bertz CT molecular complexity index is 1110. The maximum atomic E-state index is 12.6. The van der Waals surface area contributed by atoms with Crippen LogP contribution < -0.4 is 16.0 Å². The lowest BCUT2D eigenvalue weighted by atomic mass is 10.1. The summed E-state index contributed by atoms with van der Waals surface area (Å²) in [5, 5.41) is 3.13. The molecule has 1 aliphatic heterocycles. The molecular weight excluding hydrogens is 368 g/mol. The van der Waals surface area contributed by atoms with Crippen LogP contribution in [0.5, 0.6) is 0 Å². The van der Waals surface area contributed by atoms with Gasteiger partial charge in [-0.2, -0.15) is 0 Å². The van der Waals surface area contributed by atoms with E-state index in [0.717, 1.165) is 31.9 Å². The molecular formula is C22H24N4O3. The fraction of sp³-hybridized carbons (Fsp3) is 0.364. The quantitative estimate of drug-likeness (QED) is 0.712. The maximum absolute atomic E-state index is 12.6. The Balaban J connectivity index is 1.16. The number of hydrogen-bond acceptors (Lipinski definition) is 5. The van der Waals surface area contributed by atoms with Gasteiger partial charge >= 0.3 is 5.76 Å². The van der Waals surface area contributed by atoms with Gasteiger partial charge in [-0.1, -0.05) is 6.07 Å². The van der Waals surface area contributed by atoms with Crippen LogP contribution in [0.15, 0.2) is 45.6 Å². The Labute approximate surface area is 168 Å². The molecule has 2 aromatic carbocycles. The molecule has 7 heteroatoms. The first-order valence-corrected chi connectivity index (χ1v) is 10.2. The lowest BCUT2D eigenvalue weighted by Gasteiger charge is -2.36. The lowest BCUT2D eigenvalue weighted by Crippen LogP contribution is -2.50. The number of aryl methyl sites for hydroxylation is 2. The zero-order valence-corrected chi connectivity index (χ0v) is 16.2. The molecule has 2 aliphatic rings. The minimum atomic E-state index is -0.477. The van der Waals surface area contributed by atoms with Crippen LogP contribution in [0.3, 0.4) is 0 Å². The number of H-pyrrole nitrogens is 1. The number of piperazine rings is 1. The third kappa shape index (κ3) is 3.60. The van der Waals surface area contributed by atoms with Crippen LogP contribution in [0, 0.1) is 0 Å². The fourth-order valence-corrected chi connectivity index (χ4v) is 4.31. The number of carbonyl (C=O) groups is 1. The maximum Gasteiger partial charge on any atom is 0.417 e. The zero-order valence-electron chi connectivity index (χ0n) is 16.2. The van der Waals surface area contributed by atoms with Gasteiger partial charge in [-0.25, -0.2) is 4.79 Å². The molecule has 5 rings (SSSR count). The summed E-state index contributed by atoms with van der Waals surface area (Å²) in [6.07, 6.45) is 3.65. The number of nitrogens with zero attached hydrogens (tertiary/aromatic N) is 2. The number of aromatic amines is 1. The molecule has 1 fully saturated rings. The number of rotatable bonds is 4. The summed E-state index contributed by atoms with van der Waals surface area (Å²) in [5.74, 6) is -0.399. The number of nitrogens with one attached hydrogen (secondary N) is 2. The van der Waals surface area contributed by atoms with Crippen LogP contribution in [0.25, 0.3) is 11.1 Å². The van der Waals surface area contributed by atoms with Gasteiger partial charge in [0.2, 0.25) is 5.91 Å². The van der Waals surface area contributed by atoms with Gasteiger partial charge in [-0.05, 0) is 54.7 Å². The normalized spacial score (nSPS) is 16.3.